The van der Waals surface area contributed by atoms with Crippen LogP contribution >= 0.6 is 0 Å². The Morgan fingerprint density at radius 1 is 0.215 bits per heavy atom. The molecule has 0 aromatic heterocycles. The summed E-state index contributed by atoms with van der Waals surface area (Å²) in [5.41, 5.74) is 0.500. The van der Waals surface area contributed by atoms with Crippen LogP contribution in [0.3, 0.4) is 0 Å². The largest absolute Gasteiger partial charge is 0.442 e. The highest BCUT2D eigenvalue weighted by atomic mass is 30.6. The van der Waals surface area contributed by atoms with E-state index in [1.807, 2.05) is 0 Å². The normalized spacial score (nSPS) is 24.7. The summed E-state index contributed by atoms with van der Waals surface area (Å²) in [5.74, 6) is 0. The van der Waals surface area contributed by atoms with Crippen LogP contribution in [0.25, 0.3) is 0 Å². The molecule has 0 radical (unpaired) electrons. The Morgan fingerprint density at radius 3 is 0.597 bits per heavy atom. The fourth-order valence-electron chi connectivity index (χ4n) is 17.7. The van der Waals surface area contributed by atoms with Crippen molar-refractivity contribution >= 4 is 562 Å². The smallest absolute Gasteiger partial charge is 0.338 e. The van der Waals surface area contributed by atoms with Gasteiger partial charge >= 0.3 is 78.9 Å². The second kappa shape index (κ2) is 72.3. The molecular weight excluding hydrogens is 3090 g/mol. The van der Waals surface area contributed by atoms with E-state index in [1.165, 1.54) is 26.1 Å². The lowest BCUT2D eigenvalue weighted by molar-refractivity contribution is 0.288. The Bertz CT molecular complexity index is 3400. The zero-order chi connectivity index (χ0) is 117. The van der Waals surface area contributed by atoms with Gasteiger partial charge in [0.1, 0.15) is 0 Å². The fourth-order valence-corrected chi connectivity index (χ4v) is 1350. The van der Waals surface area contributed by atoms with Crippen molar-refractivity contribution in [3.63, 3.8) is 0 Å². The maximum atomic E-state index is 15.1. The van der Waals surface area contributed by atoms with Gasteiger partial charge in [-0.1, -0.05) is 48.0 Å². The summed E-state index contributed by atoms with van der Waals surface area (Å²) in [6.45, 7) is -83.6. The van der Waals surface area contributed by atoms with Crippen LogP contribution in [-0.2, 0) is 95.0 Å². The van der Waals surface area contributed by atoms with Crippen LogP contribution < -0.4 is 0 Å². The molecule has 129 heteroatoms. The first kappa shape index (κ1) is 165. The third-order valence-corrected chi connectivity index (χ3v) is 723. The van der Waals surface area contributed by atoms with E-state index in [-0.39, 0.29) is 0 Å². The van der Waals surface area contributed by atoms with E-state index in [0.717, 1.165) is 59.5 Å². The van der Waals surface area contributed by atoms with Crippen LogP contribution in [0, 0.1) is 5.41 Å². The average Bonchev–Trinajstić information content (AvgIpc) is 0.610. The molecule has 0 spiro atoms. The SMILES string of the molecule is CC(C)(C)C.CCC.CO[Si]([SiH3])([SiH2]O)[Si](O[Si](C)(C)O)(O[Si]([Si](O[Si](C)(C)O[Si](C)(C)C)(O[Si](O[Si](O[SiH2]O)([SiH2]O)[SiH2]O)([Si](O[SiH2]O)([SiH2]O)[SiH2]O)[Si](O[SiH2]O)([SiH2]O)[SiH2]O)[Si](O[Si](O[SiH2]O)([SiH2]O)[SiH2]O)([Si](O[SiH2]O)([SiH2]O)[SiH2]O)[Si](O[SiH2]O)([SiH2]O)[SiH2]O)([Si](O[Si](O[SiH2]O)([SiH2]O)[SiH2]O)([Si](O[SiH2]O)([SiH2]O)[SiH2]O)[Si](O[SiH2]O)([SiH2]O)[SiH2]O)[Si](O[Si](O[SiH2]O)([SiH2]O)[SiH2]O)([Si](O[SiH2]O)([SiH2]O)[SiH2]O)[Si](O[SiH2]O)([SiH2]O)[SiH2]O)[Si](O[Si](C)(C)O)([SiH2]O)[Si](C)(C)O. The predicted octanol–water partition coefficient (Wildman–Crippen LogP) is -60.3. The van der Waals surface area contributed by atoms with Gasteiger partial charge in [-0.25, -0.2) is 0 Å². The molecule has 0 saturated heterocycles. The summed E-state index contributed by atoms with van der Waals surface area (Å²) in [4.78, 5) is 570. The third-order valence-electron chi connectivity index (χ3n) is 23.9. The first-order valence-corrected chi connectivity index (χ1v) is 210. The second-order valence-electron chi connectivity index (χ2n) is 38.5. The van der Waals surface area contributed by atoms with Crippen LogP contribution in [0.15, 0.2) is 0 Å². The van der Waals surface area contributed by atoms with E-state index >= 15 is 4.80 Å². The lowest BCUT2D eigenvalue weighted by Gasteiger charge is -2.78. The highest BCUT2D eigenvalue weighted by molar-refractivity contribution is 8.35. The van der Waals surface area contributed by atoms with Gasteiger partial charge in [-0.3, -0.25) is 0 Å². The molecule has 149 heavy (non-hydrogen) atoms. The fraction of sp³-hybridized carbons (Fsp3) is 1.00. The van der Waals surface area contributed by atoms with Crippen LogP contribution in [0.4, 0.5) is 0 Å². The molecule has 0 aliphatic rings. The zero-order valence-corrected chi connectivity index (χ0v) is 170. The van der Waals surface area contributed by atoms with Crippen molar-refractivity contribution in [3.8, 4) is 0 Å². The second-order valence-corrected chi connectivity index (χ2v) is 420. The summed E-state index contributed by atoms with van der Waals surface area (Å²) in [7, 11) is -245. The highest BCUT2D eigenvalue weighted by Gasteiger charge is 3.09. The summed E-state index contributed by atoms with van der Waals surface area (Å²) in [5, 5.41) is 0. The van der Waals surface area contributed by atoms with E-state index in [2.05, 4.69) is 41.5 Å². The van der Waals surface area contributed by atoms with Crippen molar-refractivity contribution in [2.24, 2.45) is 5.41 Å². The lowest BCUT2D eigenvalue weighted by atomic mass is 10.0. The molecule has 900 valence electrons. The van der Waals surface area contributed by atoms with Gasteiger partial charge in [0, 0.05) is 16.9 Å². The van der Waals surface area contributed by atoms with Crippen molar-refractivity contribution in [1.82, 2.24) is 0 Å². The number of rotatable bonds is 86. The van der Waals surface area contributed by atoms with E-state index in [0.29, 0.717) is 5.41 Å². The van der Waals surface area contributed by atoms with Crippen molar-refractivity contribution in [1.29, 1.82) is 0 Å². The Morgan fingerprint density at radius 2 is 0.423 bits per heavy atom. The highest BCUT2D eigenvalue weighted by Crippen LogP contribution is 2.63. The van der Waals surface area contributed by atoms with Gasteiger partial charge in [0.15, 0.2) is 175 Å². The number of hydrogen-bond donors (Lipinski definition) is 41. The molecule has 4 unspecified atom stereocenters. The topological polar surface area (TPSA) is 1040 Å². The van der Waals surface area contributed by atoms with Crippen LogP contribution in [-0.4, -0.2) is 766 Å². The minimum Gasteiger partial charge on any atom is -0.442 e. The van der Waals surface area contributed by atoms with Gasteiger partial charge in [0.2, 0.25) is 144 Å². The molecule has 0 aliphatic heterocycles. The van der Waals surface area contributed by atoms with E-state index in [1.54, 1.807) is 0 Å². The van der Waals surface area contributed by atoms with Crippen LogP contribution in [0.2, 0.25) is 72.0 Å². The summed E-state index contributed by atoms with van der Waals surface area (Å²) in [6, 6.07) is 0. The molecule has 0 aromatic rings. The Balaban J connectivity index is -0.0000256. The summed E-state index contributed by atoms with van der Waals surface area (Å²) in [6.07, 6.45) is 1.25. The first-order valence-electron chi connectivity index (χ1n) is 45.7. The first-order chi connectivity index (χ1) is 69.1. The third kappa shape index (κ3) is 35.2. The minimum absolute atomic E-state index is 0.500. The van der Waals surface area contributed by atoms with Gasteiger partial charge in [0.25, 0.3) is 154 Å². The number of hydrogen-bond acceptors (Lipinski definition) is 64. The maximum Gasteiger partial charge on any atom is 0.338 e. The predicted molar refractivity (Wildman–Crippen MR) is 712 cm³/mol. The average molecular weight is 3270 g/mol. The molecule has 4 atom stereocenters. The van der Waals surface area contributed by atoms with Gasteiger partial charge in [-0.05, 0) is 77.4 Å². The maximum absolute atomic E-state index is 15.1. The molecule has 0 aliphatic carbocycles. The molecule has 0 saturated carbocycles. The van der Waals surface area contributed by atoms with Crippen LogP contribution in [0.5, 0.6) is 0 Å². The van der Waals surface area contributed by atoms with E-state index < -0.39 is 562 Å². The Kier molecular flexibility index (Phi) is 79.9. The van der Waals surface area contributed by atoms with Gasteiger partial charge < -0.3 is 292 Å². The van der Waals surface area contributed by atoms with Gasteiger partial charge in [-0.2, -0.15) is 0 Å². The summed E-state index contributed by atoms with van der Waals surface area (Å²) >= 11 is 0. The zero-order valence-electron chi connectivity index (χ0n) is 87.8. The molecule has 41 N–H and O–H groups in total. The van der Waals surface area contributed by atoms with E-state index in [4.69, 9.17) is 82.6 Å². The Labute approximate surface area is 974 Å². The molecule has 0 heterocycles. The molecule has 0 aromatic carbocycles. The van der Waals surface area contributed by atoms with Gasteiger partial charge in [-0.15, -0.1) is 0 Å². The molecule has 64 nitrogen and oxygen atoms in total. The quantitative estimate of drug-likeness (QED) is 0.0251. The van der Waals surface area contributed by atoms with Crippen molar-refractivity contribution < 1.29 is 292 Å². The van der Waals surface area contributed by atoms with Gasteiger partial charge in [0.05, 0.1) is 0 Å². The molecular formula is C20H176O64Si65. The van der Waals surface area contributed by atoms with Crippen molar-refractivity contribution in [2.75, 3.05) is 7.11 Å². The molecule has 0 rings (SSSR count). The summed E-state index contributed by atoms with van der Waals surface area (Å²) < 4.78 is 178. The van der Waals surface area contributed by atoms with Crippen molar-refractivity contribution in [3.05, 3.63) is 0 Å². The minimum atomic E-state index is -10.0. The van der Waals surface area contributed by atoms with Crippen LogP contribution in [0.1, 0.15) is 48.0 Å². The Hall–Kier alpha value is 11.5. The van der Waals surface area contributed by atoms with Crippen molar-refractivity contribution in [2.45, 2.75) is 120 Å². The molecule has 0 amide bonds. The standard InChI is InChI=1S/C12H156O64Si65.C5H12.C3H8/c1-54-128(77,98-33)125(68-117(5,6)51,137(115-50,119(9,10)53)69-118(7,8)52)76-139(140(133(107-42,108-43)63-86-21,134(109-44,110-45)64-87-22)73-123(94-29,95-30)57-80-15,141(135(111-46,112-47)65-88-23,136(113-48,114-49)66-89-24)74-124(96-31,97-32)58-81-16)127(70-120(11,12)67-116(2,3)4,138(131(103-38,104-39)61-84-19,132(105-40,106-41)62-85-20)72-122(92-27,93-28)56-79-14)75-126(129(99-34,100-35)59-82-17,130(101-36,102-37)60-83-18)71-121(90-25,91-26)55-78-13;1-5(2,3)4;1-3-2/h13-53H,78-115H2,1-12,77H3;1-4H3;3H2,1-2H3. The van der Waals surface area contributed by atoms with E-state index in [9.17, 15) is 204 Å². The lowest BCUT2D eigenvalue weighted by Crippen LogP contribution is -3.22. The molecule has 0 fully saturated rings. The monoisotopic (exact) mass is 3260 g/mol. The molecule has 0 bridgehead atoms.